The highest BCUT2D eigenvalue weighted by Crippen LogP contribution is 2.11. The summed E-state index contributed by atoms with van der Waals surface area (Å²) in [5, 5.41) is 0. The lowest BCUT2D eigenvalue weighted by Crippen LogP contribution is -1.64. The van der Waals surface area contributed by atoms with Crippen LogP contribution in [0.25, 0.3) is 0 Å². The number of hydrogen-bond acceptors (Lipinski definition) is 3. The molecule has 0 radical (unpaired) electrons. The summed E-state index contributed by atoms with van der Waals surface area (Å²) in [6, 6.07) is 10.3. The molecule has 1 rings (SSSR count). The average Bonchev–Trinajstić information content (AvgIpc) is 2.05. The van der Waals surface area contributed by atoms with Crippen molar-refractivity contribution >= 4 is 37.0 Å². The molecule has 0 saturated heterocycles. The molecule has 0 aliphatic heterocycles. The first-order valence-corrected chi connectivity index (χ1v) is 5.87. The van der Waals surface area contributed by atoms with Crippen LogP contribution in [0.2, 0.25) is 0 Å². The van der Waals surface area contributed by atoms with E-state index in [0.29, 0.717) is 0 Å². The van der Waals surface area contributed by atoms with Gasteiger partial charge < -0.3 is 0 Å². The molecule has 12 heavy (non-hydrogen) atoms. The van der Waals surface area contributed by atoms with Crippen molar-refractivity contribution in [2.45, 2.75) is 16.4 Å². The fourth-order valence-electron chi connectivity index (χ4n) is 0.557. The summed E-state index contributed by atoms with van der Waals surface area (Å²) in [6.45, 7) is 1.90. The predicted octanol–water partition coefficient (Wildman–Crippen LogP) is 3.60. The van der Waals surface area contributed by atoms with Crippen LogP contribution in [0.5, 0.6) is 0 Å². The summed E-state index contributed by atoms with van der Waals surface area (Å²) in [4.78, 5) is 1.33. The van der Waals surface area contributed by atoms with Crippen LogP contribution in [-0.4, -0.2) is 10.8 Å². The Labute approximate surface area is 90.0 Å². The zero-order chi connectivity index (χ0) is 9.40. The molecular weight excluding hydrogens is 204 g/mol. The third kappa shape index (κ3) is 8.37. The Morgan fingerprint density at radius 1 is 1.17 bits per heavy atom. The van der Waals surface area contributed by atoms with Crippen LogP contribution in [0.1, 0.15) is 6.92 Å². The van der Waals surface area contributed by atoms with E-state index in [1.54, 1.807) is 11.8 Å². The maximum Gasteiger partial charge on any atom is 0.0414 e. The summed E-state index contributed by atoms with van der Waals surface area (Å²) >= 11 is 9.43. The summed E-state index contributed by atoms with van der Waals surface area (Å²) in [5.41, 5.74) is 0. The molecule has 68 valence electrons. The Morgan fingerprint density at radius 2 is 1.58 bits per heavy atom. The van der Waals surface area contributed by atoms with Gasteiger partial charge in [-0.05, 0) is 25.3 Å². The monoisotopic (exact) mass is 218 g/mol. The fraction of sp³-hybridized carbons (Fsp3) is 0.333. The van der Waals surface area contributed by atoms with Crippen molar-refractivity contribution in [2.24, 2.45) is 0 Å². The molecule has 0 unspecified atom stereocenters. The highest BCUT2D eigenvalue weighted by Gasteiger charge is 1.80. The van der Waals surface area contributed by atoms with Gasteiger partial charge in [-0.2, -0.15) is 25.3 Å². The van der Waals surface area contributed by atoms with Crippen LogP contribution in [0.4, 0.5) is 0 Å². The fourth-order valence-corrected chi connectivity index (χ4v) is 0.986. The highest BCUT2D eigenvalue weighted by molar-refractivity contribution is 7.99. The van der Waals surface area contributed by atoms with E-state index in [1.807, 2.05) is 25.1 Å². The van der Waals surface area contributed by atoms with Gasteiger partial charge in [-0.15, -0.1) is 11.8 Å². The minimum Gasteiger partial charge on any atom is -0.166 e. The van der Waals surface area contributed by atoms with Crippen molar-refractivity contribution in [2.75, 3.05) is 6.26 Å². The lowest BCUT2D eigenvalue weighted by Gasteiger charge is -1.89. The number of benzene rings is 1. The smallest absolute Gasteiger partial charge is 0.0414 e. The van der Waals surface area contributed by atoms with Crippen molar-refractivity contribution in [1.82, 2.24) is 0 Å². The Bertz CT molecular complexity index is 181. The molecule has 0 aliphatic rings. The van der Waals surface area contributed by atoms with E-state index < -0.39 is 0 Å². The predicted molar refractivity (Wildman–Crippen MR) is 65.7 cm³/mol. The molecule has 1 aromatic rings. The van der Waals surface area contributed by atoms with Crippen molar-refractivity contribution in [3.05, 3.63) is 30.3 Å². The van der Waals surface area contributed by atoms with E-state index in [9.17, 15) is 0 Å². The Kier molecular flexibility index (Phi) is 8.07. The third-order valence-electron chi connectivity index (χ3n) is 0.979. The van der Waals surface area contributed by atoms with Crippen LogP contribution in [0.15, 0.2) is 35.2 Å². The third-order valence-corrected chi connectivity index (χ3v) is 1.72. The maximum absolute atomic E-state index is 3.83. The molecule has 0 spiro atoms. The van der Waals surface area contributed by atoms with Gasteiger partial charge in [0, 0.05) is 9.48 Å². The second kappa shape index (κ2) is 7.90. The number of thiol groups is 2. The van der Waals surface area contributed by atoms with E-state index in [2.05, 4.69) is 43.6 Å². The number of hydrogen-bond donors (Lipinski definition) is 2. The van der Waals surface area contributed by atoms with Crippen LogP contribution < -0.4 is 0 Å². The SMILES string of the molecule is CC(S)S.CSc1ccccc1. The quantitative estimate of drug-likeness (QED) is 0.412. The number of rotatable bonds is 1. The van der Waals surface area contributed by atoms with E-state index >= 15 is 0 Å². The second-order valence-corrected chi connectivity index (χ2v) is 4.99. The van der Waals surface area contributed by atoms with E-state index in [0.717, 1.165) is 0 Å². The van der Waals surface area contributed by atoms with Crippen LogP contribution in [0.3, 0.4) is 0 Å². The van der Waals surface area contributed by atoms with Gasteiger partial charge in [-0.1, -0.05) is 18.2 Å². The highest BCUT2D eigenvalue weighted by atomic mass is 32.2. The standard InChI is InChI=1S/C7H8S.C2H6S2/c1-8-7-5-3-2-4-6-7;1-2(3)4/h2-6H,1H3;2-4H,1H3. The summed E-state index contributed by atoms with van der Waals surface area (Å²) in [7, 11) is 0. The molecule has 0 atom stereocenters. The summed E-state index contributed by atoms with van der Waals surface area (Å²) in [5.74, 6) is 0. The minimum atomic E-state index is 0.222. The Balaban J connectivity index is 0.000000261. The van der Waals surface area contributed by atoms with Gasteiger partial charge in [0.2, 0.25) is 0 Å². The molecule has 0 N–H and O–H groups in total. The molecule has 0 bridgehead atoms. The molecular formula is C9H14S3. The Hall–Kier alpha value is 0.270. The van der Waals surface area contributed by atoms with Gasteiger partial charge in [0.05, 0.1) is 0 Å². The van der Waals surface area contributed by atoms with Gasteiger partial charge in [-0.25, -0.2) is 0 Å². The van der Waals surface area contributed by atoms with Crippen LogP contribution in [-0.2, 0) is 0 Å². The maximum atomic E-state index is 3.83. The summed E-state index contributed by atoms with van der Waals surface area (Å²) < 4.78 is 0.222. The zero-order valence-electron chi connectivity index (χ0n) is 7.27. The first kappa shape index (κ1) is 12.3. The van der Waals surface area contributed by atoms with Crippen molar-refractivity contribution in [3.8, 4) is 0 Å². The topological polar surface area (TPSA) is 0 Å². The van der Waals surface area contributed by atoms with Crippen LogP contribution in [0, 0.1) is 0 Å². The van der Waals surface area contributed by atoms with Crippen LogP contribution >= 0.6 is 37.0 Å². The van der Waals surface area contributed by atoms with E-state index in [-0.39, 0.29) is 4.58 Å². The van der Waals surface area contributed by atoms with Crippen molar-refractivity contribution in [3.63, 3.8) is 0 Å². The average molecular weight is 218 g/mol. The largest absolute Gasteiger partial charge is 0.166 e. The normalized spacial score (nSPS) is 9.08. The molecule has 0 aromatic heterocycles. The summed E-state index contributed by atoms with van der Waals surface area (Å²) in [6.07, 6.45) is 2.08. The molecule has 0 heterocycles. The van der Waals surface area contributed by atoms with Gasteiger partial charge in [0.25, 0.3) is 0 Å². The lowest BCUT2D eigenvalue weighted by atomic mass is 10.4. The van der Waals surface area contributed by atoms with E-state index in [4.69, 9.17) is 0 Å². The van der Waals surface area contributed by atoms with Gasteiger partial charge in [-0.3, -0.25) is 0 Å². The molecule has 0 amide bonds. The minimum absolute atomic E-state index is 0.222. The van der Waals surface area contributed by atoms with Gasteiger partial charge in [0.1, 0.15) is 0 Å². The van der Waals surface area contributed by atoms with Crippen molar-refractivity contribution in [1.29, 1.82) is 0 Å². The molecule has 0 fully saturated rings. The van der Waals surface area contributed by atoms with Gasteiger partial charge in [0.15, 0.2) is 0 Å². The van der Waals surface area contributed by atoms with Gasteiger partial charge >= 0.3 is 0 Å². The number of thioether (sulfide) groups is 1. The first-order valence-electron chi connectivity index (χ1n) is 3.62. The van der Waals surface area contributed by atoms with Crippen molar-refractivity contribution < 1.29 is 0 Å². The first-order chi connectivity index (χ1) is 5.66. The molecule has 0 aliphatic carbocycles. The second-order valence-electron chi connectivity index (χ2n) is 2.15. The Morgan fingerprint density at radius 3 is 1.83 bits per heavy atom. The van der Waals surface area contributed by atoms with E-state index in [1.165, 1.54) is 4.90 Å². The lowest BCUT2D eigenvalue weighted by molar-refractivity contribution is 1.45. The molecule has 1 aromatic carbocycles. The molecule has 0 saturated carbocycles. The molecule has 3 heteroatoms. The zero-order valence-corrected chi connectivity index (χ0v) is 9.87. The molecule has 0 nitrogen and oxygen atoms in total.